The fraction of sp³-hybridized carbons (Fsp3) is 0.176. The molecule has 106 valence electrons. The molecule has 0 fully saturated rings. The Morgan fingerprint density at radius 2 is 1.76 bits per heavy atom. The topological polar surface area (TPSA) is 56.7 Å². The lowest BCUT2D eigenvalue weighted by Crippen LogP contribution is -2.04. The Morgan fingerprint density at radius 3 is 2.48 bits per heavy atom. The molecule has 1 heterocycles. The summed E-state index contributed by atoms with van der Waals surface area (Å²) >= 11 is 0. The number of hydrogen-bond donors (Lipinski definition) is 1. The van der Waals surface area contributed by atoms with E-state index >= 15 is 0 Å². The molecule has 3 aromatic rings. The standard InChI is InChI=1S/C17H18N4/c1-12-7-6-10-16(13(12)2)21-17(15(11-18)19-20-21)14-8-4-3-5-9-14/h3-10H,11,18H2,1-2H3. The van der Waals surface area contributed by atoms with Crippen LogP contribution in [-0.4, -0.2) is 15.0 Å². The van der Waals surface area contributed by atoms with Crippen LogP contribution in [0.15, 0.2) is 48.5 Å². The van der Waals surface area contributed by atoms with Gasteiger partial charge in [0, 0.05) is 12.1 Å². The normalized spacial score (nSPS) is 10.8. The lowest BCUT2D eigenvalue weighted by atomic mass is 10.1. The van der Waals surface area contributed by atoms with Crippen LogP contribution >= 0.6 is 0 Å². The van der Waals surface area contributed by atoms with Crippen LogP contribution in [0.3, 0.4) is 0 Å². The second kappa shape index (κ2) is 5.50. The van der Waals surface area contributed by atoms with Crippen LogP contribution in [0.25, 0.3) is 16.9 Å². The highest BCUT2D eigenvalue weighted by atomic mass is 15.4. The van der Waals surface area contributed by atoms with Gasteiger partial charge in [-0.25, -0.2) is 4.68 Å². The molecule has 4 heteroatoms. The van der Waals surface area contributed by atoms with Crippen LogP contribution in [0.2, 0.25) is 0 Å². The van der Waals surface area contributed by atoms with E-state index in [1.54, 1.807) is 0 Å². The molecule has 0 atom stereocenters. The summed E-state index contributed by atoms with van der Waals surface area (Å²) < 4.78 is 1.89. The summed E-state index contributed by atoms with van der Waals surface area (Å²) in [7, 11) is 0. The highest BCUT2D eigenvalue weighted by Crippen LogP contribution is 2.27. The van der Waals surface area contributed by atoms with E-state index in [9.17, 15) is 0 Å². The molecule has 4 nitrogen and oxygen atoms in total. The van der Waals surface area contributed by atoms with Crippen LogP contribution in [0.4, 0.5) is 0 Å². The van der Waals surface area contributed by atoms with Crippen molar-refractivity contribution >= 4 is 0 Å². The molecule has 0 aliphatic rings. The van der Waals surface area contributed by atoms with Gasteiger partial charge in [-0.3, -0.25) is 0 Å². The number of nitrogens with zero attached hydrogens (tertiary/aromatic N) is 3. The van der Waals surface area contributed by atoms with E-state index in [0.29, 0.717) is 6.54 Å². The number of rotatable bonds is 3. The molecule has 0 spiro atoms. The van der Waals surface area contributed by atoms with Gasteiger partial charge < -0.3 is 5.73 Å². The largest absolute Gasteiger partial charge is 0.325 e. The molecule has 2 aromatic carbocycles. The monoisotopic (exact) mass is 278 g/mol. The zero-order valence-electron chi connectivity index (χ0n) is 12.2. The Hall–Kier alpha value is -2.46. The van der Waals surface area contributed by atoms with Crippen molar-refractivity contribution in [1.29, 1.82) is 0 Å². The van der Waals surface area contributed by atoms with Crippen LogP contribution in [0.5, 0.6) is 0 Å². The first-order valence-corrected chi connectivity index (χ1v) is 6.99. The van der Waals surface area contributed by atoms with Crippen LogP contribution in [-0.2, 0) is 6.54 Å². The van der Waals surface area contributed by atoms with Crippen LogP contribution in [0, 0.1) is 13.8 Å². The Morgan fingerprint density at radius 1 is 1.00 bits per heavy atom. The number of aryl methyl sites for hydroxylation is 1. The molecule has 0 bridgehead atoms. The van der Waals surface area contributed by atoms with Crippen molar-refractivity contribution in [1.82, 2.24) is 15.0 Å². The number of hydrogen-bond acceptors (Lipinski definition) is 3. The van der Waals surface area contributed by atoms with E-state index < -0.39 is 0 Å². The third kappa shape index (κ3) is 2.34. The second-order valence-corrected chi connectivity index (χ2v) is 5.09. The summed E-state index contributed by atoms with van der Waals surface area (Å²) in [6, 6.07) is 16.3. The van der Waals surface area contributed by atoms with E-state index in [4.69, 9.17) is 5.73 Å². The maximum absolute atomic E-state index is 5.83. The van der Waals surface area contributed by atoms with E-state index in [2.05, 4.69) is 48.4 Å². The third-order valence-electron chi connectivity index (χ3n) is 3.78. The molecule has 0 saturated carbocycles. The van der Waals surface area contributed by atoms with Gasteiger partial charge in [0.25, 0.3) is 0 Å². The summed E-state index contributed by atoms with van der Waals surface area (Å²) in [5, 5.41) is 8.57. The molecule has 21 heavy (non-hydrogen) atoms. The number of benzene rings is 2. The van der Waals surface area contributed by atoms with Gasteiger partial charge in [-0.05, 0) is 31.0 Å². The van der Waals surface area contributed by atoms with Gasteiger partial charge >= 0.3 is 0 Å². The molecule has 0 amide bonds. The minimum Gasteiger partial charge on any atom is -0.325 e. The Kier molecular flexibility index (Phi) is 3.54. The first kappa shape index (κ1) is 13.5. The second-order valence-electron chi connectivity index (χ2n) is 5.09. The third-order valence-corrected chi connectivity index (χ3v) is 3.78. The molecular weight excluding hydrogens is 260 g/mol. The van der Waals surface area contributed by atoms with Gasteiger partial charge in [0.2, 0.25) is 0 Å². The lowest BCUT2D eigenvalue weighted by molar-refractivity contribution is 0.795. The van der Waals surface area contributed by atoms with Crippen LogP contribution < -0.4 is 5.73 Å². The Balaban J connectivity index is 2.25. The predicted molar refractivity (Wildman–Crippen MR) is 84.2 cm³/mol. The fourth-order valence-electron chi connectivity index (χ4n) is 2.47. The summed E-state index contributed by atoms with van der Waals surface area (Å²) in [6.45, 7) is 4.57. The first-order chi connectivity index (χ1) is 10.2. The highest BCUT2D eigenvalue weighted by Gasteiger charge is 2.16. The fourth-order valence-corrected chi connectivity index (χ4v) is 2.47. The van der Waals surface area contributed by atoms with Gasteiger partial charge in [-0.1, -0.05) is 47.7 Å². The zero-order chi connectivity index (χ0) is 14.8. The molecule has 2 N–H and O–H groups in total. The van der Waals surface area contributed by atoms with Gasteiger partial charge in [0.15, 0.2) is 0 Å². The number of nitrogens with two attached hydrogens (primary N) is 1. The van der Waals surface area contributed by atoms with Crippen molar-refractivity contribution in [2.24, 2.45) is 5.73 Å². The average Bonchev–Trinajstić information content (AvgIpc) is 2.94. The summed E-state index contributed by atoms with van der Waals surface area (Å²) in [5.41, 5.74) is 12.1. The van der Waals surface area contributed by atoms with Crippen molar-refractivity contribution in [3.8, 4) is 16.9 Å². The molecule has 0 unspecified atom stereocenters. The maximum Gasteiger partial charge on any atom is 0.105 e. The van der Waals surface area contributed by atoms with E-state index in [1.165, 1.54) is 11.1 Å². The van der Waals surface area contributed by atoms with Crippen LogP contribution in [0.1, 0.15) is 16.8 Å². The lowest BCUT2D eigenvalue weighted by Gasteiger charge is -2.12. The molecule has 0 aliphatic carbocycles. The minimum atomic E-state index is 0.370. The highest BCUT2D eigenvalue weighted by molar-refractivity contribution is 5.65. The van der Waals surface area contributed by atoms with Crippen molar-refractivity contribution in [2.45, 2.75) is 20.4 Å². The van der Waals surface area contributed by atoms with Crippen molar-refractivity contribution in [3.63, 3.8) is 0 Å². The van der Waals surface area contributed by atoms with E-state index in [-0.39, 0.29) is 0 Å². The van der Waals surface area contributed by atoms with Crippen molar-refractivity contribution in [3.05, 3.63) is 65.4 Å². The Labute approximate surface area is 124 Å². The van der Waals surface area contributed by atoms with Gasteiger partial charge in [0.1, 0.15) is 5.69 Å². The minimum absolute atomic E-state index is 0.370. The number of aromatic nitrogens is 3. The van der Waals surface area contributed by atoms with Crippen molar-refractivity contribution < 1.29 is 0 Å². The summed E-state index contributed by atoms with van der Waals surface area (Å²) in [5.74, 6) is 0. The SMILES string of the molecule is Cc1cccc(-n2nnc(CN)c2-c2ccccc2)c1C. The van der Waals surface area contributed by atoms with Crippen molar-refractivity contribution in [2.75, 3.05) is 0 Å². The zero-order valence-corrected chi connectivity index (χ0v) is 12.2. The predicted octanol–water partition coefficient (Wildman–Crippen LogP) is 3.01. The molecule has 0 radical (unpaired) electrons. The summed E-state index contributed by atoms with van der Waals surface area (Å²) in [6.07, 6.45) is 0. The van der Waals surface area contributed by atoms with Gasteiger partial charge in [0.05, 0.1) is 11.4 Å². The Bertz CT molecular complexity index is 760. The average molecular weight is 278 g/mol. The van der Waals surface area contributed by atoms with E-state index in [1.807, 2.05) is 28.9 Å². The molecule has 1 aromatic heterocycles. The van der Waals surface area contributed by atoms with E-state index in [0.717, 1.165) is 22.6 Å². The summed E-state index contributed by atoms with van der Waals surface area (Å²) in [4.78, 5) is 0. The molecule has 3 rings (SSSR count). The smallest absolute Gasteiger partial charge is 0.105 e. The molecular formula is C17H18N4. The quantitative estimate of drug-likeness (QED) is 0.801. The molecule has 0 saturated heterocycles. The maximum atomic E-state index is 5.83. The molecule has 0 aliphatic heterocycles. The first-order valence-electron chi connectivity index (χ1n) is 6.99. The van der Waals surface area contributed by atoms with Gasteiger partial charge in [-0.2, -0.15) is 0 Å². The van der Waals surface area contributed by atoms with Gasteiger partial charge in [-0.15, -0.1) is 5.10 Å².